The first kappa shape index (κ1) is 16.0. The van der Waals surface area contributed by atoms with E-state index in [1.54, 1.807) is 9.80 Å². The van der Waals surface area contributed by atoms with E-state index in [2.05, 4.69) is 10.2 Å². The molecule has 2 heterocycles. The molecule has 0 N–H and O–H groups in total. The van der Waals surface area contributed by atoms with Gasteiger partial charge < -0.3 is 9.80 Å². The highest BCUT2D eigenvalue weighted by molar-refractivity contribution is 7.15. The first-order valence-corrected chi connectivity index (χ1v) is 7.36. The molecule has 0 atom stereocenters. The number of rotatable bonds is 1. The van der Waals surface area contributed by atoms with Crippen molar-refractivity contribution in [3.05, 3.63) is 5.01 Å². The predicted molar refractivity (Wildman–Crippen MR) is 73.2 cm³/mol. The van der Waals surface area contributed by atoms with E-state index in [4.69, 9.17) is 0 Å². The van der Waals surface area contributed by atoms with Crippen molar-refractivity contribution < 1.29 is 18.0 Å². The summed E-state index contributed by atoms with van der Waals surface area (Å²) in [6.07, 6.45) is -4.46. The SMILES string of the molecule is CC(C)(C)C(=O)N1CCN(c2nnc(C(F)(F)F)s2)CC1. The van der Waals surface area contributed by atoms with Crippen molar-refractivity contribution in [1.82, 2.24) is 15.1 Å². The van der Waals surface area contributed by atoms with Gasteiger partial charge in [-0.1, -0.05) is 32.1 Å². The molecule has 1 fully saturated rings. The Morgan fingerprint density at radius 1 is 1.10 bits per heavy atom. The second-order valence-electron chi connectivity index (χ2n) is 5.92. The highest BCUT2D eigenvalue weighted by atomic mass is 32.1. The second-order valence-corrected chi connectivity index (χ2v) is 6.87. The fraction of sp³-hybridized carbons (Fsp3) is 0.750. The van der Waals surface area contributed by atoms with Crippen LogP contribution < -0.4 is 4.90 Å². The molecule has 5 nitrogen and oxygen atoms in total. The average molecular weight is 322 g/mol. The van der Waals surface area contributed by atoms with Crippen LogP contribution in [0.25, 0.3) is 0 Å². The molecule has 9 heteroatoms. The Labute approximate surface area is 124 Å². The summed E-state index contributed by atoms with van der Waals surface area (Å²) in [5, 5.41) is 6.09. The van der Waals surface area contributed by atoms with E-state index in [1.165, 1.54) is 0 Å². The lowest BCUT2D eigenvalue weighted by Crippen LogP contribution is -2.51. The third kappa shape index (κ3) is 3.63. The van der Waals surface area contributed by atoms with Crippen LogP contribution in [0.3, 0.4) is 0 Å². The fourth-order valence-corrected chi connectivity index (χ4v) is 2.80. The normalized spacial score (nSPS) is 17.2. The van der Waals surface area contributed by atoms with Gasteiger partial charge in [0.25, 0.3) is 0 Å². The Morgan fingerprint density at radius 3 is 2.10 bits per heavy atom. The lowest BCUT2D eigenvalue weighted by molar-refractivity contribution is -0.140. The van der Waals surface area contributed by atoms with Crippen LogP contribution in [0.1, 0.15) is 25.8 Å². The molecule has 0 bridgehead atoms. The number of carbonyl (C=O) groups excluding carboxylic acids is 1. The molecule has 0 aliphatic carbocycles. The minimum atomic E-state index is -4.46. The summed E-state index contributed by atoms with van der Waals surface area (Å²) in [5.74, 6) is 0.0513. The zero-order valence-corrected chi connectivity index (χ0v) is 12.9. The number of hydrogen-bond acceptors (Lipinski definition) is 5. The summed E-state index contributed by atoms with van der Waals surface area (Å²) in [7, 11) is 0. The smallest absolute Gasteiger partial charge is 0.343 e. The summed E-state index contributed by atoms with van der Waals surface area (Å²) in [6, 6.07) is 0. The Balaban J connectivity index is 1.98. The molecule has 0 radical (unpaired) electrons. The van der Waals surface area contributed by atoms with E-state index < -0.39 is 16.6 Å². The maximum Gasteiger partial charge on any atom is 0.445 e. The molecule has 1 aromatic rings. The van der Waals surface area contributed by atoms with Gasteiger partial charge >= 0.3 is 6.18 Å². The Hall–Kier alpha value is -1.38. The lowest BCUT2D eigenvalue weighted by atomic mass is 9.94. The van der Waals surface area contributed by atoms with Crippen LogP contribution in [0.15, 0.2) is 0 Å². The zero-order valence-electron chi connectivity index (χ0n) is 12.1. The van der Waals surface area contributed by atoms with E-state index >= 15 is 0 Å². The van der Waals surface area contributed by atoms with E-state index in [-0.39, 0.29) is 11.0 Å². The molecule has 0 unspecified atom stereocenters. The first-order valence-electron chi connectivity index (χ1n) is 6.54. The Morgan fingerprint density at radius 2 is 1.67 bits per heavy atom. The molecule has 2 rings (SSSR count). The van der Waals surface area contributed by atoms with Crippen LogP contribution in [0.5, 0.6) is 0 Å². The van der Waals surface area contributed by atoms with E-state index in [1.807, 2.05) is 20.8 Å². The van der Waals surface area contributed by atoms with Crippen molar-refractivity contribution >= 4 is 22.4 Å². The van der Waals surface area contributed by atoms with Crippen LogP contribution in [-0.4, -0.2) is 47.2 Å². The molecule has 1 aromatic heterocycles. The third-order valence-electron chi connectivity index (χ3n) is 3.14. The van der Waals surface area contributed by atoms with Gasteiger partial charge in [-0.25, -0.2) is 0 Å². The minimum absolute atomic E-state index is 0.0513. The van der Waals surface area contributed by atoms with Gasteiger partial charge in [0.2, 0.25) is 16.0 Å². The summed E-state index contributed by atoms with van der Waals surface area (Å²) in [4.78, 5) is 15.6. The van der Waals surface area contributed by atoms with Gasteiger partial charge in [0.05, 0.1) is 0 Å². The number of piperazine rings is 1. The van der Waals surface area contributed by atoms with Gasteiger partial charge in [-0.05, 0) is 0 Å². The topological polar surface area (TPSA) is 49.3 Å². The van der Waals surface area contributed by atoms with Crippen LogP contribution in [-0.2, 0) is 11.0 Å². The highest BCUT2D eigenvalue weighted by Gasteiger charge is 2.37. The number of carbonyl (C=O) groups is 1. The molecule has 118 valence electrons. The molecule has 0 saturated carbocycles. The maximum atomic E-state index is 12.5. The lowest BCUT2D eigenvalue weighted by Gasteiger charge is -2.37. The quantitative estimate of drug-likeness (QED) is 0.796. The molecule has 1 aliphatic rings. The van der Waals surface area contributed by atoms with Crippen molar-refractivity contribution in [1.29, 1.82) is 0 Å². The number of anilines is 1. The fourth-order valence-electron chi connectivity index (χ4n) is 2.03. The number of amides is 1. The highest BCUT2D eigenvalue weighted by Crippen LogP contribution is 2.34. The van der Waals surface area contributed by atoms with E-state index in [0.29, 0.717) is 37.5 Å². The molecular formula is C12H17F3N4OS. The van der Waals surface area contributed by atoms with Crippen LogP contribution in [0.4, 0.5) is 18.3 Å². The minimum Gasteiger partial charge on any atom is -0.343 e. The number of aromatic nitrogens is 2. The van der Waals surface area contributed by atoms with Crippen molar-refractivity contribution in [2.45, 2.75) is 26.9 Å². The number of alkyl halides is 3. The van der Waals surface area contributed by atoms with Crippen LogP contribution in [0, 0.1) is 5.41 Å². The standard InChI is InChI=1S/C12H17F3N4OS/c1-11(2,3)9(20)18-4-6-19(7-5-18)10-17-16-8(21-10)12(13,14)15/h4-7H2,1-3H3. The van der Waals surface area contributed by atoms with Gasteiger partial charge in [-0.2, -0.15) is 13.2 Å². The van der Waals surface area contributed by atoms with Crippen molar-refractivity contribution in [3.63, 3.8) is 0 Å². The molecule has 0 aromatic carbocycles. The van der Waals surface area contributed by atoms with Crippen molar-refractivity contribution in [2.75, 3.05) is 31.1 Å². The molecule has 1 aliphatic heterocycles. The van der Waals surface area contributed by atoms with E-state index in [0.717, 1.165) is 0 Å². The molecule has 1 amide bonds. The largest absolute Gasteiger partial charge is 0.445 e. The zero-order chi connectivity index (χ0) is 15.8. The van der Waals surface area contributed by atoms with Gasteiger partial charge in [-0.3, -0.25) is 4.79 Å². The van der Waals surface area contributed by atoms with Gasteiger partial charge in [0.15, 0.2) is 0 Å². The van der Waals surface area contributed by atoms with Crippen LogP contribution >= 0.6 is 11.3 Å². The van der Waals surface area contributed by atoms with Gasteiger partial charge in [0.1, 0.15) is 0 Å². The Kier molecular flexibility index (Phi) is 4.14. The summed E-state index contributed by atoms with van der Waals surface area (Å²) >= 11 is 0.537. The number of halogens is 3. The molecule has 1 saturated heterocycles. The second kappa shape index (κ2) is 5.43. The molecule has 0 spiro atoms. The van der Waals surface area contributed by atoms with Crippen LogP contribution in [0.2, 0.25) is 0 Å². The third-order valence-corrected chi connectivity index (χ3v) is 4.16. The van der Waals surface area contributed by atoms with E-state index in [9.17, 15) is 18.0 Å². The Bertz CT molecular complexity index is 515. The summed E-state index contributed by atoms with van der Waals surface area (Å²) < 4.78 is 37.5. The van der Waals surface area contributed by atoms with Gasteiger partial charge in [0, 0.05) is 31.6 Å². The predicted octanol–water partition coefficient (Wildman–Crippen LogP) is 2.25. The summed E-state index contributed by atoms with van der Waals surface area (Å²) in [5.41, 5.74) is -0.450. The monoisotopic (exact) mass is 322 g/mol. The first-order chi connectivity index (χ1) is 9.59. The average Bonchev–Trinajstić information content (AvgIpc) is 2.86. The van der Waals surface area contributed by atoms with Crippen molar-refractivity contribution in [2.24, 2.45) is 5.41 Å². The number of nitrogens with zero attached hydrogens (tertiary/aromatic N) is 4. The van der Waals surface area contributed by atoms with Gasteiger partial charge in [-0.15, -0.1) is 10.2 Å². The molecule has 21 heavy (non-hydrogen) atoms. The number of hydrogen-bond donors (Lipinski definition) is 0. The summed E-state index contributed by atoms with van der Waals surface area (Å²) in [6.45, 7) is 7.45. The maximum absolute atomic E-state index is 12.5. The molecular weight excluding hydrogens is 305 g/mol. The van der Waals surface area contributed by atoms with Crippen molar-refractivity contribution in [3.8, 4) is 0 Å².